The van der Waals surface area contributed by atoms with Gasteiger partial charge in [0.25, 0.3) is 0 Å². The molecule has 76 valence electrons. The predicted molar refractivity (Wildman–Crippen MR) is 50.3 cm³/mol. The van der Waals surface area contributed by atoms with E-state index in [1.54, 1.807) is 0 Å². The molecular formula is C9H18N2O2. The summed E-state index contributed by atoms with van der Waals surface area (Å²) < 4.78 is 5.25. The summed E-state index contributed by atoms with van der Waals surface area (Å²) in [5, 5.41) is 2.87. The highest BCUT2D eigenvalue weighted by molar-refractivity contribution is 5.81. The van der Waals surface area contributed by atoms with Crippen LogP contribution in [0.2, 0.25) is 0 Å². The van der Waals surface area contributed by atoms with Gasteiger partial charge in [-0.15, -0.1) is 0 Å². The van der Waals surface area contributed by atoms with Crippen molar-refractivity contribution in [3.63, 3.8) is 0 Å². The Morgan fingerprint density at radius 2 is 2.54 bits per heavy atom. The Labute approximate surface area is 78.8 Å². The average Bonchev–Trinajstić information content (AvgIpc) is 2.66. The number of carbonyl (C=O) groups is 1. The molecule has 1 amide bonds. The Hall–Kier alpha value is -0.610. The van der Waals surface area contributed by atoms with E-state index >= 15 is 0 Å². The van der Waals surface area contributed by atoms with Gasteiger partial charge in [0.05, 0.1) is 0 Å². The maximum Gasteiger partial charge on any atom is 0.249 e. The van der Waals surface area contributed by atoms with Crippen LogP contribution in [0.4, 0.5) is 0 Å². The number of rotatable bonds is 4. The predicted octanol–water partition coefficient (Wildman–Crippen LogP) is 0.0189. The lowest BCUT2D eigenvalue weighted by atomic mass is 10.2. The highest BCUT2D eigenvalue weighted by Gasteiger charge is 2.24. The lowest BCUT2D eigenvalue weighted by molar-refractivity contribution is -0.130. The summed E-state index contributed by atoms with van der Waals surface area (Å²) in [5.74, 6) is -0.00481. The molecule has 0 aromatic carbocycles. The molecule has 0 aromatic heterocycles. The molecular weight excluding hydrogens is 168 g/mol. The van der Waals surface area contributed by atoms with E-state index in [-0.39, 0.29) is 18.1 Å². The number of ether oxygens (including phenoxy) is 1. The zero-order valence-electron chi connectivity index (χ0n) is 8.08. The third-order valence-electron chi connectivity index (χ3n) is 2.35. The molecule has 0 radical (unpaired) electrons. The lowest BCUT2D eigenvalue weighted by Gasteiger charge is -2.17. The van der Waals surface area contributed by atoms with E-state index in [1.807, 2.05) is 6.92 Å². The molecule has 1 saturated heterocycles. The molecule has 0 bridgehead atoms. The number of carbonyl (C=O) groups excluding carboxylic acids is 1. The van der Waals surface area contributed by atoms with E-state index < -0.39 is 0 Å². The van der Waals surface area contributed by atoms with Crippen molar-refractivity contribution in [3.05, 3.63) is 0 Å². The first kappa shape index (κ1) is 10.5. The van der Waals surface area contributed by atoms with E-state index in [9.17, 15) is 4.79 Å². The molecule has 1 aliphatic heterocycles. The highest BCUT2D eigenvalue weighted by atomic mass is 16.5. The van der Waals surface area contributed by atoms with Crippen LogP contribution >= 0.6 is 0 Å². The normalized spacial score (nSPS) is 24.3. The summed E-state index contributed by atoms with van der Waals surface area (Å²) >= 11 is 0. The number of nitrogens with two attached hydrogens (primary N) is 1. The van der Waals surface area contributed by atoms with Gasteiger partial charge in [-0.3, -0.25) is 4.79 Å². The zero-order valence-corrected chi connectivity index (χ0v) is 8.08. The van der Waals surface area contributed by atoms with Crippen molar-refractivity contribution in [3.8, 4) is 0 Å². The van der Waals surface area contributed by atoms with Gasteiger partial charge in [0.15, 0.2) is 0 Å². The van der Waals surface area contributed by atoms with Crippen LogP contribution in [0.15, 0.2) is 0 Å². The summed E-state index contributed by atoms with van der Waals surface area (Å²) in [6.07, 6.45) is 2.46. The Bertz CT molecular complexity index is 163. The summed E-state index contributed by atoms with van der Waals surface area (Å²) in [4.78, 5) is 11.5. The fourth-order valence-electron chi connectivity index (χ4n) is 1.41. The third kappa shape index (κ3) is 2.97. The van der Waals surface area contributed by atoms with Crippen LogP contribution < -0.4 is 11.1 Å². The van der Waals surface area contributed by atoms with Crippen molar-refractivity contribution in [2.45, 2.75) is 38.3 Å². The van der Waals surface area contributed by atoms with E-state index in [0.29, 0.717) is 13.2 Å². The first-order chi connectivity index (χ1) is 6.27. The standard InChI is InChI=1S/C9H18N2O2/c1-2-7(6-10)11-9(12)8-4-3-5-13-8/h7-8H,2-6,10H2,1H3,(H,11,12)/t7?,8-/m0/s1. The maximum absolute atomic E-state index is 11.5. The van der Waals surface area contributed by atoms with Gasteiger partial charge < -0.3 is 15.8 Å². The van der Waals surface area contributed by atoms with E-state index in [4.69, 9.17) is 10.5 Å². The molecule has 1 unspecified atom stereocenters. The van der Waals surface area contributed by atoms with Gasteiger partial charge in [-0.2, -0.15) is 0 Å². The van der Waals surface area contributed by atoms with Gasteiger partial charge in [-0.05, 0) is 19.3 Å². The first-order valence-electron chi connectivity index (χ1n) is 4.90. The van der Waals surface area contributed by atoms with E-state index in [1.165, 1.54) is 0 Å². The zero-order chi connectivity index (χ0) is 9.68. The van der Waals surface area contributed by atoms with Crippen LogP contribution in [-0.2, 0) is 9.53 Å². The Kier molecular flexibility index (Phi) is 4.18. The minimum atomic E-state index is -0.236. The second kappa shape index (κ2) is 5.19. The Morgan fingerprint density at radius 3 is 3.00 bits per heavy atom. The van der Waals surface area contributed by atoms with E-state index in [0.717, 1.165) is 19.3 Å². The minimum Gasteiger partial charge on any atom is -0.368 e. The second-order valence-corrected chi connectivity index (χ2v) is 3.35. The smallest absolute Gasteiger partial charge is 0.249 e. The Balaban J connectivity index is 2.30. The van der Waals surface area contributed by atoms with Crippen molar-refractivity contribution in [1.29, 1.82) is 0 Å². The monoisotopic (exact) mass is 186 g/mol. The highest BCUT2D eigenvalue weighted by Crippen LogP contribution is 2.11. The second-order valence-electron chi connectivity index (χ2n) is 3.35. The summed E-state index contributed by atoms with van der Waals surface area (Å²) in [5.41, 5.74) is 5.47. The average molecular weight is 186 g/mol. The molecule has 0 aromatic rings. The van der Waals surface area contributed by atoms with Crippen molar-refractivity contribution in [2.24, 2.45) is 5.73 Å². The van der Waals surface area contributed by atoms with Crippen molar-refractivity contribution < 1.29 is 9.53 Å². The van der Waals surface area contributed by atoms with Crippen molar-refractivity contribution in [1.82, 2.24) is 5.32 Å². The van der Waals surface area contributed by atoms with Gasteiger partial charge in [-0.25, -0.2) is 0 Å². The molecule has 2 atom stereocenters. The quantitative estimate of drug-likeness (QED) is 0.650. The minimum absolute atomic E-state index is 0.00481. The molecule has 1 aliphatic rings. The fraction of sp³-hybridized carbons (Fsp3) is 0.889. The summed E-state index contributed by atoms with van der Waals surface area (Å²) in [6, 6.07) is 0.0942. The van der Waals surface area contributed by atoms with Crippen LogP contribution in [0, 0.1) is 0 Å². The topological polar surface area (TPSA) is 64.3 Å². The molecule has 1 fully saturated rings. The SMILES string of the molecule is CCC(CN)NC(=O)[C@@H]1CCCO1. The van der Waals surface area contributed by atoms with Crippen LogP contribution in [0.1, 0.15) is 26.2 Å². The molecule has 0 saturated carbocycles. The molecule has 1 heterocycles. The first-order valence-corrected chi connectivity index (χ1v) is 4.90. The van der Waals surface area contributed by atoms with Gasteiger partial charge in [0, 0.05) is 19.2 Å². The largest absolute Gasteiger partial charge is 0.368 e. The van der Waals surface area contributed by atoms with Crippen molar-refractivity contribution >= 4 is 5.91 Å². The van der Waals surface area contributed by atoms with Gasteiger partial charge >= 0.3 is 0 Å². The van der Waals surface area contributed by atoms with Gasteiger partial charge in [0.2, 0.25) is 5.91 Å². The van der Waals surface area contributed by atoms with Crippen molar-refractivity contribution in [2.75, 3.05) is 13.2 Å². The van der Waals surface area contributed by atoms with Crippen LogP contribution in [0.25, 0.3) is 0 Å². The van der Waals surface area contributed by atoms with Crippen LogP contribution in [0.5, 0.6) is 0 Å². The third-order valence-corrected chi connectivity index (χ3v) is 2.35. The summed E-state index contributed by atoms with van der Waals surface area (Å²) in [6.45, 7) is 3.21. The van der Waals surface area contributed by atoms with Crippen LogP contribution in [-0.4, -0.2) is 31.2 Å². The molecule has 0 spiro atoms. The molecule has 4 nitrogen and oxygen atoms in total. The Morgan fingerprint density at radius 1 is 1.77 bits per heavy atom. The molecule has 0 aliphatic carbocycles. The van der Waals surface area contributed by atoms with Crippen LogP contribution in [0.3, 0.4) is 0 Å². The molecule has 3 N–H and O–H groups in total. The number of nitrogens with one attached hydrogen (secondary N) is 1. The number of amides is 1. The fourth-order valence-corrected chi connectivity index (χ4v) is 1.41. The number of hydrogen-bond acceptors (Lipinski definition) is 3. The van der Waals surface area contributed by atoms with Gasteiger partial charge in [-0.1, -0.05) is 6.92 Å². The van der Waals surface area contributed by atoms with Gasteiger partial charge in [0.1, 0.15) is 6.10 Å². The lowest BCUT2D eigenvalue weighted by Crippen LogP contribution is -2.44. The molecule has 1 rings (SSSR count). The summed E-state index contributed by atoms with van der Waals surface area (Å²) in [7, 11) is 0. The maximum atomic E-state index is 11.5. The molecule has 4 heteroatoms. The molecule has 13 heavy (non-hydrogen) atoms. The number of hydrogen-bond donors (Lipinski definition) is 2. The van der Waals surface area contributed by atoms with E-state index in [2.05, 4.69) is 5.32 Å².